The third-order valence-electron chi connectivity index (χ3n) is 4.62. The molecule has 29 heavy (non-hydrogen) atoms. The third kappa shape index (κ3) is 7.40. The van der Waals surface area contributed by atoms with Crippen LogP contribution in [-0.2, 0) is 17.8 Å². The standard InChI is InChI=1S/C21H26N2O4.C2H6/c1-26-19-7-4-8-20(11-19)27-15-21(25)22-12-18(24)14-23-10-9-16-5-2-3-6-17(16)13-23;1-2/h2-8,11,18,24H,9-10,12-15H2,1H3,(H,22,25);1-2H3. The van der Waals surface area contributed by atoms with Crippen molar-refractivity contribution in [3.05, 3.63) is 59.7 Å². The van der Waals surface area contributed by atoms with E-state index in [-0.39, 0.29) is 19.1 Å². The summed E-state index contributed by atoms with van der Waals surface area (Å²) in [6.07, 6.45) is 0.375. The number of ether oxygens (including phenoxy) is 2. The summed E-state index contributed by atoms with van der Waals surface area (Å²) < 4.78 is 10.6. The molecule has 1 aliphatic rings. The Labute approximate surface area is 173 Å². The summed E-state index contributed by atoms with van der Waals surface area (Å²) in [5.74, 6) is 0.976. The molecule has 1 unspecified atom stereocenters. The highest BCUT2D eigenvalue weighted by Crippen LogP contribution is 2.19. The molecule has 0 radical (unpaired) electrons. The zero-order chi connectivity index (χ0) is 21.1. The first kappa shape index (κ1) is 22.7. The topological polar surface area (TPSA) is 71.0 Å². The first-order chi connectivity index (χ1) is 14.1. The fourth-order valence-corrected chi connectivity index (χ4v) is 3.20. The molecule has 6 heteroatoms. The Kier molecular flexibility index (Phi) is 9.47. The number of nitrogens with one attached hydrogen (secondary N) is 1. The second kappa shape index (κ2) is 12.1. The van der Waals surface area contributed by atoms with Crippen molar-refractivity contribution in [1.29, 1.82) is 0 Å². The fourth-order valence-electron chi connectivity index (χ4n) is 3.20. The van der Waals surface area contributed by atoms with Gasteiger partial charge in [-0.2, -0.15) is 0 Å². The summed E-state index contributed by atoms with van der Waals surface area (Å²) in [5.41, 5.74) is 2.69. The van der Waals surface area contributed by atoms with Crippen LogP contribution in [0.15, 0.2) is 48.5 Å². The largest absolute Gasteiger partial charge is 0.497 e. The van der Waals surface area contributed by atoms with E-state index in [1.165, 1.54) is 11.1 Å². The molecular formula is C23H32N2O4. The van der Waals surface area contributed by atoms with E-state index >= 15 is 0 Å². The van der Waals surface area contributed by atoms with Gasteiger partial charge in [0.15, 0.2) is 6.61 Å². The van der Waals surface area contributed by atoms with E-state index < -0.39 is 6.10 Å². The summed E-state index contributed by atoms with van der Waals surface area (Å²) in [4.78, 5) is 14.2. The van der Waals surface area contributed by atoms with Crippen molar-refractivity contribution in [3.63, 3.8) is 0 Å². The lowest BCUT2D eigenvalue weighted by Crippen LogP contribution is -2.42. The minimum absolute atomic E-state index is 0.100. The maximum atomic E-state index is 11.9. The number of carbonyl (C=O) groups excluding carboxylic acids is 1. The van der Waals surface area contributed by atoms with Crippen LogP contribution in [0.4, 0.5) is 0 Å². The lowest BCUT2D eigenvalue weighted by molar-refractivity contribution is -0.123. The van der Waals surface area contributed by atoms with Crippen LogP contribution < -0.4 is 14.8 Å². The Morgan fingerprint density at radius 1 is 1.14 bits per heavy atom. The van der Waals surface area contributed by atoms with Gasteiger partial charge in [0.25, 0.3) is 5.91 Å². The zero-order valence-electron chi connectivity index (χ0n) is 17.6. The normalized spacial score (nSPS) is 14.1. The lowest BCUT2D eigenvalue weighted by Gasteiger charge is -2.30. The highest BCUT2D eigenvalue weighted by molar-refractivity contribution is 5.77. The van der Waals surface area contributed by atoms with Crippen molar-refractivity contribution in [1.82, 2.24) is 10.2 Å². The number of aliphatic hydroxyl groups is 1. The van der Waals surface area contributed by atoms with E-state index in [2.05, 4.69) is 28.4 Å². The second-order valence-electron chi connectivity index (χ2n) is 6.68. The van der Waals surface area contributed by atoms with E-state index in [4.69, 9.17) is 9.47 Å². The Hall–Kier alpha value is -2.57. The average Bonchev–Trinajstić information content (AvgIpc) is 2.77. The molecule has 0 saturated heterocycles. The van der Waals surface area contributed by atoms with Gasteiger partial charge in [0.1, 0.15) is 11.5 Å². The van der Waals surface area contributed by atoms with Crippen LogP contribution in [0, 0.1) is 0 Å². The number of hydrogen-bond acceptors (Lipinski definition) is 5. The van der Waals surface area contributed by atoms with E-state index in [9.17, 15) is 9.90 Å². The Morgan fingerprint density at radius 3 is 2.62 bits per heavy atom. The monoisotopic (exact) mass is 400 g/mol. The van der Waals surface area contributed by atoms with Gasteiger partial charge in [-0.05, 0) is 29.7 Å². The van der Waals surface area contributed by atoms with Gasteiger partial charge in [0.2, 0.25) is 0 Å². The van der Waals surface area contributed by atoms with Crippen molar-refractivity contribution in [3.8, 4) is 11.5 Å². The highest BCUT2D eigenvalue weighted by Gasteiger charge is 2.18. The molecule has 0 bridgehead atoms. The van der Waals surface area contributed by atoms with Gasteiger partial charge in [-0.25, -0.2) is 0 Å². The molecule has 2 N–H and O–H groups in total. The first-order valence-electron chi connectivity index (χ1n) is 10.1. The van der Waals surface area contributed by atoms with Gasteiger partial charge in [-0.1, -0.05) is 44.2 Å². The molecule has 1 aliphatic heterocycles. The number of fused-ring (bicyclic) bond motifs is 1. The summed E-state index contributed by atoms with van der Waals surface area (Å²) in [5, 5.41) is 13.0. The minimum Gasteiger partial charge on any atom is -0.497 e. The van der Waals surface area contributed by atoms with Crippen molar-refractivity contribution < 1.29 is 19.4 Å². The zero-order valence-corrected chi connectivity index (χ0v) is 17.6. The Balaban J connectivity index is 0.00000145. The van der Waals surface area contributed by atoms with Crippen LogP contribution >= 0.6 is 0 Å². The SMILES string of the molecule is CC.COc1cccc(OCC(=O)NCC(O)CN2CCc3ccccc3C2)c1. The predicted molar refractivity (Wildman–Crippen MR) is 114 cm³/mol. The highest BCUT2D eigenvalue weighted by atomic mass is 16.5. The van der Waals surface area contributed by atoms with E-state index in [1.54, 1.807) is 25.3 Å². The van der Waals surface area contributed by atoms with Crippen molar-refractivity contribution in [2.75, 3.05) is 33.4 Å². The van der Waals surface area contributed by atoms with Gasteiger partial charge < -0.3 is 19.9 Å². The maximum absolute atomic E-state index is 11.9. The Morgan fingerprint density at radius 2 is 1.86 bits per heavy atom. The van der Waals surface area contributed by atoms with Gasteiger partial charge in [-0.15, -0.1) is 0 Å². The molecule has 6 nitrogen and oxygen atoms in total. The number of benzene rings is 2. The summed E-state index contributed by atoms with van der Waals surface area (Å²) >= 11 is 0. The molecule has 0 aliphatic carbocycles. The van der Waals surface area contributed by atoms with Gasteiger partial charge in [-0.3, -0.25) is 9.69 Å². The number of hydrogen-bond donors (Lipinski definition) is 2. The molecule has 1 amide bonds. The first-order valence-corrected chi connectivity index (χ1v) is 10.1. The van der Waals surface area contributed by atoms with Crippen molar-refractivity contribution in [2.45, 2.75) is 32.9 Å². The van der Waals surface area contributed by atoms with Gasteiger partial charge in [0.05, 0.1) is 13.2 Å². The van der Waals surface area contributed by atoms with E-state index in [1.807, 2.05) is 26.0 Å². The molecule has 2 aromatic rings. The number of amides is 1. The lowest BCUT2D eigenvalue weighted by atomic mass is 10.00. The molecule has 0 aromatic heterocycles. The minimum atomic E-state index is -0.615. The van der Waals surface area contributed by atoms with E-state index in [0.717, 1.165) is 19.5 Å². The van der Waals surface area contributed by atoms with Crippen LogP contribution in [0.25, 0.3) is 0 Å². The molecule has 1 heterocycles. The van der Waals surface area contributed by atoms with Gasteiger partial charge >= 0.3 is 0 Å². The van der Waals surface area contributed by atoms with Crippen LogP contribution in [0.5, 0.6) is 11.5 Å². The smallest absolute Gasteiger partial charge is 0.258 e. The van der Waals surface area contributed by atoms with Crippen molar-refractivity contribution >= 4 is 5.91 Å². The van der Waals surface area contributed by atoms with E-state index in [0.29, 0.717) is 18.0 Å². The summed E-state index contributed by atoms with van der Waals surface area (Å²) in [6, 6.07) is 15.5. The number of nitrogens with zero attached hydrogens (tertiary/aromatic N) is 1. The number of rotatable bonds is 8. The van der Waals surface area contributed by atoms with Crippen LogP contribution in [0.2, 0.25) is 0 Å². The molecule has 3 rings (SSSR count). The predicted octanol–water partition coefficient (Wildman–Crippen LogP) is 2.64. The molecular weight excluding hydrogens is 368 g/mol. The number of β-amino-alcohol motifs (C(OH)–C–C–N with tert-alkyl or cyclic N) is 1. The third-order valence-corrected chi connectivity index (χ3v) is 4.62. The second-order valence-corrected chi connectivity index (χ2v) is 6.68. The molecule has 0 spiro atoms. The summed E-state index contributed by atoms with van der Waals surface area (Å²) in [7, 11) is 1.58. The van der Waals surface area contributed by atoms with Crippen molar-refractivity contribution in [2.24, 2.45) is 0 Å². The quantitative estimate of drug-likeness (QED) is 0.713. The molecule has 2 aromatic carbocycles. The maximum Gasteiger partial charge on any atom is 0.258 e. The number of aliphatic hydroxyl groups excluding tert-OH is 1. The number of methoxy groups -OCH3 is 1. The number of carbonyl (C=O) groups is 1. The van der Waals surface area contributed by atoms with Gasteiger partial charge in [0, 0.05) is 32.2 Å². The molecule has 0 fully saturated rings. The van der Waals surface area contributed by atoms with Crippen LogP contribution in [0.1, 0.15) is 25.0 Å². The van der Waals surface area contributed by atoms with Crippen LogP contribution in [0.3, 0.4) is 0 Å². The molecule has 1 atom stereocenters. The van der Waals surface area contributed by atoms with Crippen LogP contribution in [-0.4, -0.2) is 55.4 Å². The Bertz CT molecular complexity index is 766. The molecule has 158 valence electrons. The average molecular weight is 401 g/mol. The summed E-state index contributed by atoms with van der Waals surface area (Å²) in [6.45, 7) is 6.39. The fraction of sp³-hybridized carbons (Fsp3) is 0.435. The molecule has 0 saturated carbocycles.